The van der Waals surface area contributed by atoms with E-state index in [0.29, 0.717) is 0 Å². The third-order valence-corrected chi connectivity index (χ3v) is 6.50. The number of hydrogen-bond donors (Lipinski definition) is 0. The molecule has 4 rings (SSSR count). The third kappa shape index (κ3) is 3.15. The molecule has 2 aliphatic rings. The standard InChI is InChI=1S/C21H30BNO2/c1-20(2)21(3,4)25-22(24-20)18-10-11-19-17(14-18)12-13-23(19)15-16-8-6-5-7-9-16/h10-14,16H,5-9,15H2,1-4H3. The van der Waals surface area contributed by atoms with E-state index in [-0.39, 0.29) is 18.3 Å². The lowest BCUT2D eigenvalue weighted by molar-refractivity contribution is 0.00578. The largest absolute Gasteiger partial charge is 0.494 e. The summed E-state index contributed by atoms with van der Waals surface area (Å²) in [4.78, 5) is 0. The van der Waals surface area contributed by atoms with Crippen LogP contribution < -0.4 is 5.46 Å². The smallest absolute Gasteiger partial charge is 0.399 e. The third-order valence-electron chi connectivity index (χ3n) is 6.50. The minimum atomic E-state index is -0.292. The number of benzene rings is 1. The first-order valence-corrected chi connectivity index (χ1v) is 9.80. The maximum atomic E-state index is 6.20. The van der Waals surface area contributed by atoms with Crippen molar-refractivity contribution in [1.29, 1.82) is 0 Å². The summed E-state index contributed by atoms with van der Waals surface area (Å²) >= 11 is 0. The molecule has 0 unspecified atom stereocenters. The first-order valence-electron chi connectivity index (χ1n) is 9.80. The van der Waals surface area contributed by atoms with Gasteiger partial charge in [0.15, 0.2) is 0 Å². The van der Waals surface area contributed by atoms with Crippen LogP contribution in [-0.2, 0) is 15.9 Å². The molecule has 2 aromatic rings. The summed E-state index contributed by atoms with van der Waals surface area (Å²) in [7, 11) is -0.281. The maximum absolute atomic E-state index is 6.20. The molecule has 1 aromatic carbocycles. The van der Waals surface area contributed by atoms with Gasteiger partial charge in [-0.05, 0) is 69.4 Å². The molecule has 0 radical (unpaired) electrons. The first-order chi connectivity index (χ1) is 11.9. The van der Waals surface area contributed by atoms with Gasteiger partial charge in [-0.25, -0.2) is 0 Å². The summed E-state index contributed by atoms with van der Waals surface area (Å²) in [5.74, 6) is 0.840. The zero-order valence-electron chi connectivity index (χ0n) is 16.0. The van der Waals surface area contributed by atoms with Crippen molar-refractivity contribution in [2.24, 2.45) is 5.92 Å². The van der Waals surface area contributed by atoms with E-state index in [1.807, 2.05) is 0 Å². The Morgan fingerprint density at radius 2 is 1.68 bits per heavy atom. The van der Waals surface area contributed by atoms with Crippen molar-refractivity contribution in [1.82, 2.24) is 4.57 Å². The van der Waals surface area contributed by atoms with Gasteiger partial charge in [0.2, 0.25) is 0 Å². The second-order valence-corrected chi connectivity index (χ2v) is 8.88. The van der Waals surface area contributed by atoms with E-state index in [4.69, 9.17) is 9.31 Å². The lowest BCUT2D eigenvalue weighted by Crippen LogP contribution is -2.41. The fourth-order valence-electron chi connectivity index (χ4n) is 4.15. The van der Waals surface area contributed by atoms with E-state index in [0.717, 1.165) is 17.9 Å². The van der Waals surface area contributed by atoms with Crippen LogP contribution in [0.15, 0.2) is 30.5 Å². The van der Waals surface area contributed by atoms with Crippen molar-refractivity contribution in [2.75, 3.05) is 0 Å². The molecule has 4 heteroatoms. The van der Waals surface area contributed by atoms with Crippen molar-refractivity contribution < 1.29 is 9.31 Å². The van der Waals surface area contributed by atoms with Crippen LogP contribution in [0.5, 0.6) is 0 Å². The molecule has 2 heterocycles. The summed E-state index contributed by atoms with van der Waals surface area (Å²) in [6, 6.07) is 8.86. The summed E-state index contributed by atoms with van der Waals surface area (Å²) in [5.41, 5.74) is 1.85. The van der Waals surface area contributed by atoms with Gasteiger partial charge < -0.3 is 13.9 Å². The van der Waals surface area contributed by atoms with Gasteiger partial charge in [-0.3, -0.25) is 0 Å². The van der Waals surface area contributed by atoms with E-state index in [9.17, 15) is 0 Å². The van der Waals surface area contributed by atoms with Crippen molar-refractivity contribution >= 4 is 23.5 Å². The molecule has 2 fully saturated rings. The van der Waals surface area contributed by atoms with Gasteiger partial charge in [0.1, 0.15) is 0 Å². The minimum Gasteiger partial charge on any atom is -0.399 e. The number of fused-ring (bicyclic) bond motifs is 1. The summed E-state index contributed by atoms with van der Waals surface area (Å²) in [6.45, 7) is 9.57. The molecule has 0 atom stereocenters. The molecule has 1 aliphatic carbocycles. The Hall–Kier alpha value is -1.26. The van der Waals surface area contributed by atoms with Crippen LogP contribution >= 0.6 is 0 Å². The van der Waals surface area contributed by atoms with Crippen molar-refractivity contribution in [3.8, 4) is 0 Å². The number of rotatable bonds is 3. The van der Waals surface area contributed by atoms with Crippen LogP contribution in [0.2, 0.25) is 0 Å². The molecule has 0 amide bonds. The Balaban J connectivity index is 1.56. The molecule has 0 spiro atoms. The molecule has 134 valence electrons. The predicted octanol–water partition coefficient (Wildman–Crippen LogP) is 4.52. The SMILES string of the molecule is CC1(C)OB(c2ccc3c(ccn3CC3CCCCC3)c2)OC1(C)C. The number of aromatic nitrogens is 1. The van der Waals surface area contributed by atoms with Crippen LogP contribution in [0.1, 0.15) is 59.8 Å². The molecule has 0 bridgehead atoms. The van der Waals surface area contributed by atoms with Crippen molar-refractivity contribution in [2.45, 2.75) is 77.5 Å². The maximum Gasteiger partial charge on any atom is 0.494 e. The lowest BCUT2D eigenvalue weighted by Gasteiger charge is -2.32. The molecule has 1 saturated carbocycles. The van der Waals surface area contributed by atoms with Gasteiger partial charge in [0.25, 0.3) is 0 Å². The lowest BCUT2D eigenvalue weighted by atomic mass is 9.78. The summed E-state index contributed by atoms with van der Waals surface area (Å²) in [6.07, 6.45) is 9.22. The fraction of sp³-hybridized carbons (Fsp3) is 0.619. The Labute approximate surface area is 151 Å². The molecule has 25 heavy (non-hydrogen) atoms. The average Bonchev–Trinajstić information content (AvgIpc) is 3.06. The molecule has 0 N–H and O–H groups in total. The molecular formula is C21H30BNO2. The van der Waals surface area contributed by atoms with Gasteiger partial charge in [-0.2, -0.15) is 0 Å². The highest BCUT2D eigenvalue weighted by Crippen LogP contribution is 2.36. The number of nitrogens with zero attached hydrogens (tertiary/aromatic N) is 1. The van der Waals surface area contributed by atoms with E-state index in [1.165, 1.54) is 43.0 Å². The Bertz CT molecular complexity index is 742. The highest BCUT2D eigenvalue weighted by Gasteiger charge is 2.51. The van der Waals surface area contributed by atoms with Gasteiger partial charge >= 0.3 is 7.12 Å². The zero-order chi connectivity index (χ0) is 17.7. The van der Waals surface area contributed by atoms with Gasteiger partial charge in [0.05, 0.1) is 11.2 Å². The predicted molar refractivity (Wildman–Crippen MR) is 104 cm³/mol. The van der Waals surface area contributed by atoms with Crippen LogP contribution in [-0.4, -0.2) is 22.9 Å². The molecule has 3 nitrogen and oxygen atoms in total. The van der Waals surface area contributed by atoms with Crippen LogP contribution in [0.3, 0.4) is 0 Å². The monoisotopic (exact) mass is 339 g/mol. The van der Waals surface area contributed by atoms with Gasteiger partial charge in [-0.1, -0.05) is 31.4 Å². The van der Waals surface area contributed by atoms with E-state index in [1.54, 1.807) is 0 Å². The Morgan fingerprint density at radius 3 is 2.36 bits per heavy atom. The van der Waals surface area contributed by atoms with Crippen LogP contribution in [0.25, 0.3) is 10.9 Å². The van der Waals surface area contributed by atoms with E-state index >= 15 is 0 Å². The van der Waals surface area contributed by atoms with Crippen molar-refractivity contribution in [3.63, 3.8) is 0 Å². The fourth-order valence-corrected chi connectivity index (χ4v) is 4.15. The quantitative estimate of drug-likeness (QED) is 0.768. The molecule has 1 aliphatic heterocycles. The van der Waals surface area contributed by atoms with Gasteiger partial charge in [0, 0.05) is 18.3 Å². The minimum absolute atomic E-state index is 0.281. The highest BCUT2D eigenvalue weighted by molar-refractivity contribution is 6.62. The topological polar surface area (TPSA) is 23.4 Å². The van der Waals surface area contributed by atoms with Gasteiger partial charge in [-0.15, -0.1) is 0 Å². The van der Waals surface area contributed by atoms with Crippen LogP contribution in [0.4, 0.5) is 0 Å². The van der Waals surface area contributed by atoms with Crippen LogP contribution in [0, 0.1) is 5.92 Å². The molecule has 1 aromatic heterocycles. The second-order valence-electron chi connectivity index (χ2n) is 8.88. The van der Waals surface area contributed by atoms with E-state index in [2.05, 4.69) is 62.7 Å². The Morgan fingerprint density at radius 1 is 1.00 bits per heavy atom. The average molecular weight is 339 g/mol. The summed E-state index contributed by atoms with van der Waals surface area (Å²) < 4.78 is 14.8. The normalized spacial score (nSPS) is 23.4. The van der Waals surface area contributed by atoms with E-state index < -0.39 is 0 Å². The molecular weight excluding hydrogens is 309 g/mol. The summed E-state index contributed by atoms with van der Waals surface area (Å²) in [5, 5.41) is 1.28. The van der Waals surface area contributed by atoms with Crippen molar-refractivity contribution in [3.05, 3.63) is 30.5 Å². The molecule has 1 saturated heterocycles. The number of hydrogen-bond acceptors (Lipinski definition) is 2. The Kier molecular flexibility index (Phi) is 4.24. The first kappa shape index (κ1) is 17.2. The highest BCUT2D eigenvalue weighted by atomic mass is 16.7. The zero-order valence-corrected chi connectivity index (χ0v) is 16.0. The second kappa shape index (κ2) is 6.17.